The Morgan fingerprint density at radius 3 is 2.94 bits per heavy atom. The highest BCUT2D eigenvalue weighted by Gasteiger charge is 2.29. The van der Waals surface area contributed by atoms with Crippen LogP contribution in [0.4, 0.5) is 10.1 Å². The number of hydrogen-bond donors (Lipinski definition) is 0. The van der Waals surface area contributed by atoms with Crippen LogP contribution in [0.25, 0.3) is 0 Å². The summed E-state index contributed by atoms with van der Waals surface area (Å²) in [6, 6.07) is 4.18. The van der Waals surface area contributed by atoms with Crippen molar-refractivity contribution in [1.29, 1.82) is 0 Å². The Bertz CT molecular complexity index is 441. The molecule has 1 aromatic carbocycles. The molecule has 6 heteroatoms. The van der Waals surface area contributed by atoms with Gasteiger partial charge in [0.05, 0.1) is 15.9 Å². The lowest BCUT2D eigenvalue weighted by atomic mass is 10.2. The summed E-state index contributed by atoms with van der Waals surface area (Å²) in [4.78, 5) is 10.5. The summed E-state index contributed by atoms with van der Waals surface area (Å²) < 4.78 is 18.8. The molecule has 1 heterocycles. The van der Waals surface area contributed by atoms with E-state index in [1.165, 1.54) is 17.8 Å². The third-order valence-corrected chi connectivity index (χ3v) is 4.22. The van der Waals surface area contributed by atoms with E-state index in [2.05, 4.69) is 0 Å². The van der Waals surface area contributed by atoms with Gasteiger partial charge in [-0.3, -0.25) is 10.1 Å². The minimum Gasteiger partial charge on any atom is -0.377 e. The molecule has 0 aromatic heterocycles. The minimum atomic E-state index is -0.786. The number of para-hydroxylation sites is 1. The molecule has 0 radical (unpaired) electrons. The standard InChI is InChI=1S/C11H12FNO3S/c1-7-9(5-6-16-7)17-10-4-2-3-8(12)11(10)13(14)15/h2-4,7,9H,5-6H2,1H3. The molecule has 1 saturated heterocycles. The van der Waals surface area contributed by atoms with Crippen molar-refractivity contribution in [2.24, 2.45) is 0 Å². The highest BCUT2D eigenvalue weighted by atomic mass is 32.2. The monoisotopic (exact) mass is 257 g/mol. The number of nitro groups is 1. The number of thioether (sulfide) groups is 1. The van der Waals surface area contributed by atoms with Crippen LogP contribution in [0, 0.1) is 15.9 Å². The van der Waals surface area contributed by atoms with Crippen molar-refractivity contribution in [3.05, 3.63) is 34.1 Å². The Kier molecular flexibility index (Phi) is 3.63. The van der Waals surface area contributed by atoms with Crippen LogP contribution >= 0.6 is 11.8 Å². The van der Waals surface area contributed by atoms with Gasteiger partial charge in [-0.15, -0.1) is 11.8 Å². The van der Waals surface area contributed by atoms with Gasteiger partial charge in [0.15, 0.2) is 0 Å². The molecule has 1 fully saturated rings. The summed E-state index contributed by atoms with van der Waals surface area (Å²) in [6.07, 6.45) is 0.877. The van der Waals surface area contributed by atoms with E-state index in [-0.39, 0.29) is 11.4 Å². The molecule has 2 unspecified atom stereocenters. The fourth-order valence-electron chi connectivity index (χ4n) is 1.80. The lowest BCUT2D eigenvalue weighted by Crippen LogP contribution is -2.13. The molecule has 0 aliphatic carbocycles. The van der Waals surface area contributed by atoms with Crippen LogP contribution in [-0.2, 0) is 4.74 Å². The average Bonchev–Trinajstić information content (AvgIpc) is 2.64. The quantitative estimate of drug-likeness (QED) is 0.617. The molecule has 1 aliphatic heterocycles. The second-order valence-corrected chi connectivity index (χ2v) is 5.15. The molecule has 1 aromatic rings. The predicted octanol–water partition coefficient (Wildman–Crippen LogP) is 3.00. The first-order valence-electron chi connectivity index (χ1n) is 5.30. The molecule has 17 heavy (non-hydrogen) atoms. The van der Waals surface area contributed by atoms with Crippen LogP contribution in [0.2, 0.25) is 0 Å². The normalized spacial score (nSPS) is 23.9. The maximum atomic E-state index is 13.4. The zero-order valence-corrected chi connectivity index (χ0v) is 10.1. The number of nitro benzene ring substituents is 1. The van der Waals surface area contributed by atoms with Gasteiger partial charge in [0, 0.05) is 11.9 Å². The Labute approximate surface area is 102 Å². The van der Waals surface area contributed by atoms with Crippen molar-refractivity contribution >= 4 is 17.4 Å². The lowest BCUT2D eigenvalue weighted by Gasteiger charge is -2.13. The van der Waals surface area contributed by atoms with Crippen LogP contribution in [0.3, 0.4) is 0 Å². The van der Waals surface area contributed by atoms with Gasteiger partial charge in [-0.05, 0) is 25.5 Å². The van der Waals surface area contributed by atoms with Gasteiger partial charge in [-0.2, -0.15) is 4.39 Å². The van der Waals surface area contributed by atoms with Gasteiger partial charge >= 0.3 is 5.69 Å². The van der Waals surface area contributed by atoms with E-state index < -0.39 is 16.4 Å². The molecular formula is C11H12FNO3S. The molecule has 0 amide bonds. The largest absolute Gasteiger partial charge is 0.377 e. The highest BCUT2D eigenvalue weighted by molar-refractivity contribution is 8.00. The smallest absolute Gasteiger partial charge is 0.318 e. The van der Waals surface area contributed by atoms with Crippen molar-refractivity contribution in [3.63, 3.8) is 0 Å². The Hall–Kier alpha value is -1.14. The van der Waals surface area contributed by atoms with Gasteiger partial charge in [0.25, 0.3) is 0 Å². The Morgan fingerprint density at radius 2 is 2.35 bits per heavy atom. The number of hydrogen-bond acceptors (Lipinski definition) is 4. The molecule has 1 aliphatic rings. The zero-order chi connectivity index (χ0) is 12.4. The second kappa shape index (κ2) is 5.01. The van der Waals surface area contributed by atoms with Crippen LogP contribution < -0.4 is 0 Å². The molecular weight excluding hydrogens is 245 g/mol. The van der Waals surface area contributed by atoms with E-state index in [1.54, 1.807) is 6.07 Å². The van der Waals surface area contributed by atoms with Crippen molar-refractivity contribution in [2.75, 3.05) is 6.61 Å². The van der Waals surface area contributed by atoms with Gasteiger partial charge in [0.1, 0.15) is 0 Å². The maximum absolute atomic E-state index is 13.4. The number of rotatable bonds is 3. The van der Waals surface area contributed by atoms with Crippen molar-refractivity contribution in [1.82, 2.24) is 0 Å². The van der Waals surface area contributed by atoms with E-state index in [0.717, 1.165) is 12.5 Å². The van der Waals surface area contributed by atoms with Crippen LogP contribution in [-0.4, -0.2) is 22.9 Å². The summed E-state index contributed by atoms with van der Waals surface area (Å²) >= 11 is 1.32. The average molecular weight is 257 g/mol. The summed E-state index contributed by atoms with van der Waals surface area (Å²) in [6.45, 7) is 2.58. The van der Waals surface area contributed by atoms with Crippen LogP contribution in [0.15, 0.2) is 23.1 Å². The van der Waals surface area contributed by atoms with Crippen molar-refractivity contribution in [3.8, 4) is 0 Å². The summed E-state index contributed by atoms with van der Waals surface area (Å²) in [5.74, 6) is -0.786. The summed E-state index contributed by atoms with van der Waals surface area (Å²) in [5.41, 5.74) is -0.434. The molecule has 2 atom stereocenters. The zero-order valence-electron chi connectivity index (χ0n) is 9.26. The summed E-state index contributed by atoms with van der Waals surface area (Å²) in [5, 5.41) is 11.0. The maximum Gasteiger partial charge on any atom is 0.318 e. The number of benzene rings is 1. The van der Waals surface area contributed by atoms with E-state index in [1.807, 2.05) is 6.92 Å². The van der Waals surface area contributed by atoms with Gasteiger partial charge in [0.2, 0.25) is 5.82 Å². The molecule has 0 bridgehead atoms. The fourth-order valence-corrected chi connectivity index (χ4v) is 3.05. The van der Waals surface area contributed by atoms with E-state index >= 15 is 0 Å². The first-order chi connectivity index (χ1) is 8.09. The van der Waals surface area contributed by atoms with E-state index in [9.17, 15) is 14.5 Å². The van der Waals surface area contributed by atoms with Crippen molar-refractivity contribution in [2.45, 2.75) is 29.6 Å². The minimum absolute atomic E-state index is 0.0443. The lowest BCUT2D eigenvalue weighted by molar-refractivity contribution is -0.390. The molecule has 0 spiro atoms. The number of nitrogens with zero attached hydrogens (tertiary/aromatic N) is 1. The molecule has 4 nitrogen and oxygen atoms in total. The molecule has 0 saturated carbocycles. The van der Waals surface area contributed by atoms with E-state index in [4.69, 9.17) is 4.74 Å². The Morgan fingerprint density at radius 1 is 1.59 bits per heavy atom. The van der Waals surface area contributed by atoms with Gasteiger partial charge in [-0.1, -0.05) is 6.07 Å². The first kappa shape index (κ1) is 12.3. The third-order valence-electron chi connectivity index (χ3n) is 2.72. The first-order valence-corrected chi connectivity index (χ1v) is 6.18. The van der Waals surface area contributed by atoms with Gasteiger partial charge in [-0.25, -0.2) is 0 Å². The Balaban J connectivity index is 2.26. The topological polar surface area (TPSA) is 52.4 Å². The highest BCUT2D eigenvalue weighted by Crippen LogP contribution is 2.38. The fraction of sp³-hybridized carbons (Fsp3) is 0.455. The number of halogens is 1. The number of ether oxygens (including phenoxy) is 1. The van der Waals surface area contributed by atoms with Crippen molar-refractivity contribution < 1.29 is 14.1 Å². The molecule has 2 rings (SSSR count). The van der Waals surface area contributed by atoms with Crippen LogP contribution in [0.1, 0.15) is 13.3 Å². The van der Waals surface area contributed by atoms with E-state index in [0.29, 0.717) is 11.5 Å². The summed E-state index contributed by atoms with van der Waals surface area (Å²) in [7, 11) is 0. The molecule has 92 valence electrons. The van der Waals surface area contributed by atoms with Crippen LogP contribution in [0.5, 0.6) is 0 Å². The van der Waals surface area contributed by atoms with Gasteiger partial charge < -0.3 is 4.74 Å². The molecule has 0 N–H and O–H groups in total. The second-order valence-electron chi connectivity index (χ2n) is 3.86. The third kappa shape index (κ3) is 2.58. The SMILES string of the molecule is CC1OCCC1Sc1cccc(F)c1[N+](=O)[O-]. The predicted molar refractivity (Wildman–Crippen MR) is 62.7 cm³/mol.